The Balaban J connectivity index is 1.48. The molecule has 0 spiro atoms. The first kappa shape index (κ1) is 20.4. The first-order chi connectivity index (χ1) is 14.5. The van der Waals surface area contributed by atoms with Gasteiger partial charge in [-0.2, -0.15) is 0 Å². The molecular weight excluding hydrogens is 408 g/mol. The fourth-order valence-corrected chi connectivity index (χ4v) is 4.11. The van der Waals surface area contributed by atoms with Gasteiger partial charge in [-0.3, -0.25) is 14.9 Å². The molecule has 0 atom stereocenters. The average molecular weight is 431 g/mol. The minimum absolute atomic E-state index is 0.0713. The molecule has 0 radical (unpaired) electrons. The highest BCUT2D eigenvalue weighted by Gasteiger charge is 2.26. The molecule has 8 nitrogen and oxygen atoms in total. The number of amides is 1. The molecule has 4 rings (SSSR count). The molecule has 9 heteroatoms. The number of nitro groups is 1. The number of benzene rings is 2. The number of carbonyl (C=O) groups excluding carboxylic acids is 1. The van der Waals surface area contributed by atoms with Crippen molar-refractivity contribution in [3.63, 3.8) is 0 Å². The van der Waals surface area contributed by atoms with Crippen LogP contribution in [0.4, 0.5) is 17.1 Å². The quantitative estimate of drug-likeness (QED) is 0.548. The van der Waals surface area contributed by atoms with Gasteiger partial charge in [-0.25, -0.2) is 0 Å². The highest BCUT2D eigenvalue weighted by atomic mass is 35.5. The maximum atomic E-state index is 12.8. The zero-order chi connectivity index (χ0) is 21.1. The fourth-order valence-electron chi connectivity index (χ4n) is 3.89. The van der Waals surface area contributed by atoms with E-state index in [9.17, 15) is 14.9 Å². The van der Waals surface area contributed by atoms with Crippen molar-refractivity contribution in [3.8, 4) is 0 Å². The molecule has 0 unspecified atom stereocenters. The number of anilines is 2. The van der Waals surface area contributed by atoms with Crippen LogP contribution in [0.25, 0.3) is 0 Å². The average Bonchev–Trinajstić information content (AvgIpc) is 2.79. The lowest BCUT2D eigenvalue weighted by atomic mass is 10.1. The summed E-state index contributed by atoms with van der Waals surface area (Å²) < 4.78 is 5.38. The van der Waals surface area contributed by atoms with Crippen LogP contribution < -0.4 is 9.80 Å². The third-order valence-electron chi connectivity index (χ3n) is 5.54. The van der Waals surface area contributed by atoms with Gasteiger partial charge in [-0.15, -0.1) is 0 Å². The fraction of sp³-hybridized carbons (Fsp3) is 0.381. The smallest absolute Gasteiger partial charge is 0.292 e. The summed E-state index contributed by atoms with van der Waals surface area (Å²) in [4.78, 5) is 29.9. The van der Waals surface area contributed by atoms with E-state index in [0.29, 0.717) is 68.8 Å². The van der Waals surface area contributed by atoms with E-state index in [1.807, 2.05) is 11.0 Å². The Bertz CT molecular complexity index is 940. The predicted molar refractivity (Wildman–Crippen MR) is 116 cm³/mol. The summed E-state index contributed by atoms with van der Waals surface area (Å²) in [5, 5.41) is 12.0. The summed E-state index contributed by atoms with van der Waals surface area (Å²) in [6, 6.07) is 12.3. The number of halogens is 1. The van der Waals surface area contributed by atoms with Crippen LogP contribution in [0.5, 0.6) is 0 Å². The first-order valence-electron chi connectivity index (χ1n) is 9.94. The molecule has 2 aromatic rings. The van der Waals surface area contributed by atoms with E-state index in [4.69, 9.17) is 16.3 Å². The van der Waals surface area contributed by atoms with Crippen LogP contribution >= 0.6 is 11.6 Å². The Morgan fingerprint density at radius 3 is 2.33 bits per heavy atom. The van der Waals surface area contributed by atoms with Gasteiger partial charge in [0, 0.05) is 51.0 Å². The molecule has 2 heterocycles. The summed E-state index contributed by atoms with van der Waals surface area (Å²) in [5.41, 5.74) is 2.16. The van der Waals surface area contributed by atoms with Crippen LogP contribution in [0.2, 0.25) is 5.02 Å². The van der Waals surface area contributed by atoms with Crippen molar-refractivity contribution in [3.05, 3.63) is 63.2 Å². The summed E-state index contributed by atoms with van der Waals surface area (Å²) >= 11 is 6.17. The largest absolute Gasteiger partial charge is 0.378 e. The molecule has 30 heavy (non-hydrogen) atoms. The van der Waals surface area contributed by atoms with E-state index in [0.717, 1.165) is 5.69 Å². The second-order valence-electron chi connectivity index (χ2n) is 7.29. The van der Waals surface area contributed by atoms with Crippen LogP contribution in [-0.4, -0.2) is 68.2 Å². The SMILES string of the molecule is O=C(c1ccccc1Cl)N1CCN(c2ccc([N+](=O)[O-])c(N3CCOCC3)c2)CC1. The maximum absolute atomic E-state index is 12.8. The number of morpholine rings is 1. The van der Waals surface area contributed by atoms with Crippen LogP contribution in [0, 0.1) is 10.1 Å². The molecule has 158 valence electrons. The number of rotatable bonds is 4. The van der Waals surface area contributed by atoms with E-state index >= 15 is 0 Å². The van der Waals surface area contributed by atoms with Crippen molar-refractivity contribution in [1.29, 1.82) is 0 Å². The number of nitrogens with zero attached hydrogens (tertiary/aromatic N) is 4. The van der Waals surface area contributed by atoms with Crippen molar-refractivity contribution in [2.45, 2.75) is 0 Å². The van der Waals surface area contributed by atoms with Crippen LogP contribution in [0.3, 0.4) is 0 Å². The Kier molecular flexibility index (Phi) is 6.06. The van der Waals surface area contributed by atoms with Gasteiger partial charge >= 0.3 is 0 Å². The van der Waals surface area contributed by atoms with Crippen molar-refractivity contribution in [2.75, 3.05) is 62.3 Å². The Morgan fingerprint density at radius 2 is 1.67 bits per heavy atom. The zero-order valence-corrected chi connectivity index (χ0v) is 17.3. The van der Waals surface area contributed by atoms with E-state index < -0.39 is 0 Å². The minimum Gasteiger partial charge on any atom is -0.378 e. The molecule has 2 aromatic carbocycles. The van der Waals surface area contributed by atoms with E-state index in [-0.39, 0.29) is 16.5 Å². The number of carbonyl (C=O) groups is 1. The third-order valence-corrected chi connectivity index (χ3v) is 5.87. The Morgan fingerprint density at radius 1 is 0.967 bits per heavy atom. The molecule has 2 fully saturated rings. The zero-order valence-electron chi connectivity index (χ0n) is 16.5. The van der Waals surface area contributed by atoms with Crippen molar-refractivity contribution in [1.82, 2.24) is 4.90 Å². The lowest BCUT2D eigenvalue weighted by Gasteiger charge is -2.37. The van der Waals surface area contributed by atoms with Gasteiger partial charge in [0.05, 0.1) is 28.7 Å². The summed E-state index contributed by atoms with van der Waals surface area (Å²) in [6.07, 6.45) is 0. The Labute approximate surface area is 179 Å². The second-order valence-corrected chi connectivity index (χ2v) is 7.70. The highest BCUT2D eigenvalue weighted by Crippen LogP contribution is 2.33. The van der Waals surface area contributed by atoms with Gasteiger partial charge in [0.2, 0.25) is 0 Å². The summed E-state index contributed by atoms with van der Waals surface area (Å²) in [7, 11) is 0. The van der Waals surface area contributed by atoms with Crippen molar-refractivity contribution < 1.29 is 14.5 Å². The molecule has 2 aliphatic rings. The number of ether oxygens (including phenoxy) is 1. The molecule has 0 saturated carbocycles. The molecule has 2 aliphatic heterocycles. The van der Waals surface area contributed by atoms with Gasteiger partial charge in [0.1, 0.15) is 5.69 Å². The standard InChI is InChI=1S/C21H23ClN4O4/c22-18-4-2-1-3-17(18)21(27)25-9-7-23(8-10-25)16-5-6-19(26(28)29)20(15-16)24-11-13-30-14-12-24/h1-6,15H,7-14H2. The predicted octanol–water partition coefficient (Wildman–Crippen LogP) is 3.05. The van der Waals surface area contributed by atoms with Crippen LogP contribution in [-0.2, 0) is 4.74 Å². The number of hydrogen-bond acceptors (Lipinski definition) is 6. The minimum atomic E-state index is -0.339. The number of piperazine rings is 1. The second kappa shape index (κ2) is 8.89. The lowest BCUT2D eigenvalue weighted by Crippen LogP contribution is -2.49. The highest BCUT2D eigenvalue weighted by molar-refractivity contribution is 6.33. The molecule has 0 bridgehead atoms. The van der Waals surface area contributed by atoms with Crippen molar-refractivity contribution in [2.24, 2.45) is 0 Å². The van der Waals surface area contributed by atoms with Crippen molar-refractivity contribution >= 4 is 34.6 Å². The molecule has 1 amide bonds. The first-order valence-corrected chi connectivity index (χ1v) is 10.3. The topological polar surface area (TPSA) is 79.2 Å². The number of hydrogen-bond donors (Lipinski definition) is 0. The van der Waals surface area contributed by atoms with Gasteiger partial charge in [0.25, 0.3) is 11.6 Å². The molecule has 0 aromatic heterocycles. The normalized spacial score (nSPS) is 17.2. The van der Waals surface area contributed by atoms with Gasteiger partial charge < -0.3 is 19.4 Å². The molecule has 0 aliphatic carbocycles. The monoisotopic (exact) mass is 430 g/mol. The third kappa shape index (κ3) is 4.20. The Hall–Kier alpha value is -2.84. The van der Waals surface area contributed by atoms with Crippen LogP contribution in [0.15, 0.2) is 42.5 Å². The number of nitro benzene ring substituents is 1. The van der Waals surface area contributed by atoms with E-state index in [2.05, 4.69) is 4.90 Å². The molecular formula is C21H23ClN4O4. The van der Waals surface area contributed by atoms with E-state index in [1.165, 1.54) is 0 Å². The summed E-state index contributed by atoms with van der Waals surface area (Å²) in [6.45, 7) is 4.80. The van der Waals surface area contributed by atoms with Gasteiger partial charge in [-0.1, -0.05) is 23.7 Å². The molecule has 2 saturated heterocycles. The lowest BCUT2D eigenvalue weighted by molar-refractivity contribution is -0.384. The van der Waals surface area contributed by atoms with Crippen LogP contribution in [0.1, 0.15) is 10.4 Å². The van der Waals surface area contributed by atoms with Gasteiger partial charge in [-0.05, 0) is 24.3 Å². The van der Waals surface area contributed by atoms with Gasteiger partial charge in [0.15, 0.2) is 0 Å². The molecule has 0 N–H and O–H groups in total. The maximum Gasteiger partial charge on any atom is 0.292 e. The van der Waals surface area contributed by atoms with E-state index in [1.54, 1.807) is 41.3 Å². The summed E-state index contributed by atoms with van der Waals surface area (Å²) in [5.74, 6) is -0.0713.